The number of aliphatic hydroxyl groups excluding tert-OH is 1. The lowest BCUT2D eigenvalue weighted by molar-refractivity contribution is -0.142. The molecule has 0 aliphatic carbocycles. The summed E-state index contributed by atoms with van der Waals surface area (Å²) in [6, 6.07) is 2.95. The number of carbonyl (C=O) groups is 2. The molecular formula is C16H23NO7. The lowest BCUT2D eigenvalue weighted by atomic mass is 10.0. The van der Waals surface area contributed by atoms with Crippen molar-refractivity contribution in [3.05, 3.63) is 23.8 Å². The predicted molar refractivity (Wildman–Crippen MR) is 85.3 cm³/mol. The number of rotatable bonds is 6. The van der Waals surface area contributed by atoms with E-state index in [-0.39, 0.29) is 11.3 Å². The molecule has 1 aromatic rings. The van der Waals surface area contributed by atoms with Crippen molar-refractivity contribution >= 4 is 12.1 Å². The van der Waals surface area contributed by atoms with Crippen LogP contribution in [-0.2, 0) is 9.53 Å². The number of aliphatic hydroxyl groups is 1. The van der Waals surface area contributed by atoms with Gasteiger partial charge in [-0.3, -0.25) is 0 Å². The normalized spacial score (nSPS) is 13.6. The quantitative estimate of drug-likeness (QED) is 0.721. The van der Waals surface area contributed by atoms with Crippen molar-refractivity contribution < 1.29 is 34.0 Å². The Morgan fingerprint density at radius 1 is 1.17 bits per heavy atom. The molecule has 0 heterocycles. The molecular weight excluding hydrogens is 318 g/mol. The van der Waals surface area contributed by atoms with E-state index in [4.69, 9.17) is 14.2 Å². The molecule has 8 nitrogen and oxygen atoms in total. The van der Waals surface area contributed by atoms with E-state index in [1.165, 1.54) is 26.4 Å². The Kier molecular flexibility index (Phi) is 6.42. The van der Waals surface area contributed by atoms with E-state index >= 15 is 0 Å². The number of nitrogens with one attached hydrogen (secondary N) is 1. The van der Waals surface area contributed by atoms with Gasteiger partial charge in [-0.05, 0) is 39.0 Å². The van der Waals surface area contributed by atoms with Gasteiger partial charge >= 0.3 is 12.1 Å². The number of amides is 1. The number of alkyl carbamates (subject to hydrolysis) is 1. The zero-order valence-corrected chi connectivity index (χ0v) is 14.3. The number of carboxylic acids is 1. The number of carbonyl (C=O) groups excluding carboxylic acids is 1. The summed E-state index contributed by atoms with van der Waals surface area (Å²) in [6.45, 7) is 4.93. The number of hydrogen-bond acceptors (Lipinski definition) is 6. The molecule has 134 valence electrons. The zero-order valence-electron chi connectivity index (χ0n) is 14.3. The number of aliphatic carboxylic acids is 1. The largest absolute Gasteiger partial charge is 0.497 e. The van der Waals surface area contributed by atoms with Crippen LogP contribution in [0.2, 0.25) is 0 Å². The Hall–Kier alpha value is -2.48. The molecule has 1 aromatic carbocycles. The summed E-state index contributed by atoms with van der Waals surface area (Å²) in [4.78, 5) is 23.3. The third kappa shape index (κ3) is 5.31. The van der Waals surface area contributed by atoms with Crippen LogP contribution in [0.5, 0.6) is 11.5 Å². The highest BCUT2D eigenvalue weighted by Crippen LogP contribution is 2.31. The minimum atomic E-state index is -1.62. The SMILES string of the molecule is COc1ccc(OC)c([C@@H](O)[C@H](NC(=O)OC(C)(C)C)C(=O)O)c1. The van der Waals surface area contributed by atoms with Gasteiger partial charge in [-0.15, -0.1) is 0 Å². The lowest BCUT2D eigenvalue weighted by Crippen LogP contribution is -2.46. The predicted octanol–water partition coefficient (Wildman–Crippen LogP) is 1.72. The molecule has 0 aliphatic heterocycles. The number of hydrogen-bond donors (Lipinski definition) is 3. The Balaban J connectivity index is 3.08. The summed E-state index contributed by atoms with van der Waals surface area (Å²) in [5.41, 5.74) is -0.633. The van der Waals surface area contributed by atoms with Gasteiger partial charge in [0.05, 0.1) is 14.2 Å². The third-order valence-electron chi connectivity index (χ3n) is 3.01. The summed E-state index contributed by atoms with van der Waals surface area (Å²) in [7, 11) is 2.82. The van der Waals surface area contributed by atoms with E-state index in [9.17, 15) is 19.8 Å². The summed E-state index contributed by atoms with van der Waals surface area (Å²) >= 11 is 0. The van der Waals surface area contributed by atoms with E-state index in [1.807, 2.05) is 0 Å². The van der Waals surface area contributed by atoms with Crippen LogP contribution < -0.4 is 14.8 Å². The number of methoxy groups -OCH3 is 2. The first-order valence-electron chi connectivity index (χ1n) is 7.21. The molecule has 8 heteroatoms. The summed E-state index contributed by atoms with van der Waals surface area (Å²) < 4.78 is 15.2. The molecule has 0 spiro atoms. The van der Waals surface area contributed by atoms with Crippen molar-refractivity contribution in [3.63, 3.8) is 0 Å². The highest BCUT2D eigenvalue weighted by atomic mass is 16.6. The highest BCUT2D eigenvalue weighted by molar-refractivity contribution is 5.81. The maximum atomic E-state index is 11.8. The molecule has 0 radical (unpaired) electrons. The molecule has 0 aliphatic rings. The molecule has 2 atom stereocenters. The second kappa shape index (κ2) is 7.87. The van der Waals surface area contributed by atoms with Gasteiger partial charge in [0.2, 0.25) is 0 Å². The molecule has 0 fully saturated rings. The average molecular weight is 341 g/mol. The van der Waals surface area contributed by atoms with Gasteiger partial charge in [0.15, 0.2) is 6.04 Å². The van der Waals surface area contributed by atoms with Crippen molar-refractivity contribution in [1.29, 1.82) is 0 Å². The Labute approximate surface area is 140 Å². The van der Waals surface area contributed by atoms with Crippen LogP contribution in [0.1, 0.15) is 32.4 Å². The van der Waals surface area contributed by atoms with Gasteiger partial charge < -0.3 is 29.7 Å². The molecule has 0 bridgehead atoms. The maximum Gasteiger partial charge on any atom is 0.408 e. The van der Waals surface area contributed by atoms with Crippen molar-refractivity contribution in [2.75, 3.05) is 14.2 Å². The Bertz CT molecular complexity index is 595. The van der Waals surface area contributed by atoms with E-state index in [0.29, 0.717) is 5.75 Å². The fourth-order valence-electron chi connectivity index (χ4n) is 1.96. The van der Waals surface area contributed by atoms with Gasteiger partial charge in [-0.1, -0.05) is 0 Å². The Morgan fingerprint density at radius 2 is 1.79 bits per heavy atom. The molecule has 1 rings (SSSR count). The Morgan fingerprint density at radius 3 is 2.25 bits per heavy atom. The van der Waals surface area contributed by atoms with E-state index in [0.717, 1.165) is 0 Å². The van der Waals surface area contributed by atoms with Crippen LogP contribution in [0.4, 0.5) is 4.79 Å². The van der Waals surface area contributed by atoms with E-state index in [2.05, 4.69) is 5.32 Å². The molecule has 1 amide bonds. The summed E-state index contributed by atoms with van der Waals surface area (Å²) in [6.07, 6.45) is -2.52. The summed E-state index contributed by atoms with van der Waals surface area (Å²) in [5, 5.41) is 21.9. The van der Waals surface area contributed by atoms with Crippen LogP contribution in [0.3, 0.4) is 0 Å². The van der Waals surface area contributed by atoms with Crippen molar-refractivity contribution in [2.24, 2.45) is 0 Å². The number of ether oxygens (including phenoxy) is 3. The van der Waals surface area contributed by atoms with Gasteiger partial charge in [-0.25, -0.2) is 9.59 Å². The fraction of sp³-hybridized carbons (Fsp3) is 0.500. The second-order valence-corrected chi connectivity index (χ2v) is 6.01. The van der Waals surface area contributed by atoms with Crippen LogP contribution >= 0.6 is 0 Å². The van der Waals surface area contributed by atoms with Gasteiger partial charge in [0, 0.05) is 5.56 Å². The lowest BCUT2D eigenvalue weighted by Gasteiger charge is -2.25. The topological polar surface area (TPSA) is 114 Å². The zero-order chi connectivity index (χ0) is 18.5. The van der Waals surface area contributed by atoms with Gasteiger partial charge in [0.25, 0.3) is 0 Å². The monoisotopic (exact) mass is 341 g/mol. The third-order valence-corrected chi connectivity index (χ3v) is 3.01. The number of carboxylic acid groups (broad SMARTS) is 1. The highest BCUT2D eigenvalue weighted by Gasteiger charge is 2.33. The van der Waals surface area contributed by atoms with Crippen molar-refractivity contribution in [3.8, 4) is 11.5 Å². The fourth-order valence-corrected chi connectivity index (χ4v) is 1.96. The first-order chi connectivity index (χ1) is 11.1. The molecule has 0 aromatic heterocycles. The minimum Gasteiger partial charge on any atom is -0.497 e. The minimum absolute atomic E-state index is 0.167. The van der Waals surface area contributed by atoms with Crippen molar-refractivity contribution in [1.82, 2.24) is 5.32 Å². The van der Waals surface area contributed by atoms with Gasteiger partial charge in [-0.2, -0.15) is 0 Å². The molecule has 0 unspecified atom stereocenters. The number of benzene rings is 1. The van der Waals surface area contributed by atoms with E-state index < -0.39 is 29.8 Å². The van der Waals surface area contributed by atoms with Crippen LogP contribution in [0.25, 0.3) is 0 Å². The summed E-state index contributed by atoms with van der Waals surface area (Å²) in [5.74, 6) is -0.745. The molecule has 24 heavy (non-hydrogen) atoms. The van der Waals surface area contributed by atoms with E-state index in [1.54, 1.807) is 26.8 Å². The van der Waals surface area contributed by atoms with Crippen LogP contribution in [-0.4, -0.2) is 48.1 Å². The van der Waals surface area contributed by atoms with Crippen molar-refractivity contribution in [2.45, 2.75) is 38.5 Å². The average Bonchev–Trinajstić information content (AvgIpc) is 2.49. The van der Waals surface area contributed by atoms with Gasteiger partial charge in [0.1, 0.15) is 23.2 Å². The van der Waals surface area contributed by atoms with Crippen LogP contribution in [0, 0.1) is 0 Å². The molecule has 0 saturated heterocycles. The first kappa shape index (κ1) is 19.6. The molecule has 3 N–H and O–H groups in total. The second-order valence-electron chi connectivity index (χ2n) is 6.01. The standard InChI is InChI=1S/C16H23NO7/c1-16(2,3)24-15(21)17-12(14(19)20)13(18)10-8-9(22-4)6-7-11(10)23-5/h6-8,12-13,18H,1-5H3,(H,17,21)(H,19,20)/t12-,13+/m0/s1. The smallest absolute Gasteiger partial charge is 0.408 e. The molecule has 0 saturated carbocycles. The van der Waals surface area contributed by atoms with Crippen LogP contribution in [0.15, 0.2) is 18.2 Å². The first-order valence-corrected chi connectivity index (χ1v) is 7.21. The maximum absolute atomic E-state index is 11.8.